The van der Waals surface area contributed by atoms with Crippen molar-refractivity contribution in [1.29, 1.82) is 5.41 Å². The molecule has 62 heavy (non-hydrogen) atoms. The summed E-state index contributed by atoms with van der Waals surface area (Å²) in [6, 6.07) is 59.0. The Morgan fingerprint density at radius 1 is 0.597 bits per heavy atom. The molecule has 1 spiro atoms. The smallest absolute Gasteiger partial charge is 0.131 e. The minimum absolute atomic E-state index is 0.537. The quantitative estimate of drug-likeness (QED) is 0.135. The van der Waals surface area contributed by atoms with Crippen molar-refractivity contribution >= 4 is 28.2 Å². The third-order valence-electron chi connectivity index (χ3n) is 10.9. The molecule has 308 valence electrons. The minimum atomic E-state index is -0.537. The summed E-state index contributed by atoms with van der Waals surface area (Å²) >= 11 is 0. The van der Waals surface area contributed by atoms with Gasteiger partial charge >= 0.3 is 0 Å². The van der Waals surface area contributed by atoms with Gasteiger partial charge in [-0.1, -0.05) is 206 Å². The van der Waals surface area contributed by atoms with Gasteiger partial charge in [-0.2, -0.15) is 0 Å². The molecule has 2 aliphatic rings. The van der Waals surface area contributed by atoms with Gasteiger partial charge in [-0.25, -0.2) is 0 Å². The molecule has 0 bridgehead atoms. The van der Waals surface area contributed by atoms with E-state index in [9.17, 15) is 0 Å². The average Bonchev–Trinajstić information content (AvgIpc) is 3.34. The average molecular weight is 809 g/mol. The van der Waals surface area contributed by atoms with Gasteiger partial charge < -0.3 is 15.9 Å². The lowest BCUT2D eigenvalue weighted by molar-refractivity contribution is 0.429. The molecule has 1 atom stereocenters. The van der Waals surface area contributed by atoms with Gasteiger partial charge in [0, 0.05) is 11.3 Å². The molecule has 1 heterocycles. The fourth-order valence-corrected chi connectivity index (χ4v) is 7.74. The molecule has 7 aromatic rings. The molecule has 3 N–H and O–H groups in total. The van der Waals surface area contributed by atoms with Crippen LogP contribution in [0.3, 0.4) is 0 Å². The van der Waals surface area contributed by atoms with Crippen LogP contribution in [-0.4, -0.2) is 6.21 Å². The van der Waals surface area contributed by atoms with Gasteiger partial charge in [0.05, 0.1) is 5.41 Å². The van der Waals surface area contributed by atoms with E-state index in [-0.39, 0.29) is 0 Å². The van der Waals surface area contributed by atoms with Crippen molar-refractivity contribution < 1.29 is 4.74 Å². The molecule has 0 aromatic heterocycles. The Labute approximate surface area is 368 Å². The van der Waals surface area contributed by atoms with Crippen molar-refractivity contribution in [2.45, 2.75) is 39.0 Å². The number of hydrogen-bond acceptors (Lipinski definition) is 3. The SMILES string of the molecule is C=C1/C=C\C=C/CC2(C(=C)/C=C\C=C(\c3ccc(C)cc3)Cc3cc4ccccc4cc32)c2ccccc2O1.CC=N.Cc1ccccc1.Nc1ccc(-c2ccccc2)cc1. The molecule has 0 saturated heterocycles. The van der Waals surface area contributed by atoms with E-state index >= 15 is 0 Å². The number of rotatable bonds is 2. The largest absolute Gasteiger partial charge is 0.458 e. The standard InChI is InChI=1S/C38H32O.C12H11N.C7H8.C2H5N/c1-27-19-21-30(22-20-27)31-16-11-12-28(2)38(36-26-33-15-7-6-14-32(33)25-34(36)24-31)23-10-4-5-13-29(3)39-37-18-9-8-17-35(37)38;13-12-8-6-11(7-9-12)10-4-2-1-3-5-10;1-7-5-3-2-4-6-7;1-2-3/h4-22,25-26H,2-3,23-24H2,1H3;1-9H,13H2;2-6H,1H3;2-3H,1H3/b10-4-,12-11-,13-5-,31-16+;;;. The lowest BCUT2D eigenvalue weighted by Crippen LogP contribution is -2.31. The van der Waals surface area contributed by atoms with Crippen LogP contribution in [0.15, 0.2) is 237 Å². The second-order valence-electron chi connectivity index (χ2n) is 15.4. The zero-order chi connectivity index (χ0) is 43.7. The topological polar surface area (TPSA) is 59.1 Å². The molecule has 9 rings (SSSR count). The summed E-state index contributed by atoms with van der Waals surface area (Å²) in [5.41, 5.74) is 18.1. The Kier molecular flexibility index (Phi) is 15.4. The van der Waals surface area contributed by atoms with E-state index in [1.54, 1.807) is 6.92 Å². The molecule has 7 aromatic carbocycles. The van der Waals surface area contributed by atoms with Crippen molar-refractivity contribution in [2.24, 2.45) is 0 Å². The highest BCUT2D eigenvalue weighted by molar-refractivity contribution is 5.86. The maximum Gasteiger partial charge on any atom is 0.131 e. The zero-order valence-corrected chi connectivity index (χ0v) is 36.1. The van der Waals surface area contributed by atoms with Gasteiger partial charge in [-0.3, -0.25) is 0 Å². The molecule has 1 aliphatic carbocycles. The number of nitrogen functional groups attached to an aromatic ring is 1. The number of para-hydroxylation sites is 1. The normalized spacial score (nSPS) is 17.6. The first-order valence-corrected chi connectivity index (χ1v) is 21.0. The van der Waals surface area contributed by atoms with Crippen molar-refractivity contribution in [2.75, 3.05) is 5.73 Å². The first kappa shape index (κ1) is 44.1. The van der Waals surface area contributed by atoms with E-state index in [0.29, 0.717) is 5.76 Å². The number of fused-ring (bicyclic) bond motifs is 5. The van der Waals surface area contributed by atoms with E-state index in [4.69, 9.17) is 22.5 Å². The van der Waals surface area contributed by atoms with Gasteiger partial charge in [0.15, 0.2) is 0 Å². The molecule has 0 amide bonds. The highest BCUT2D eigenvalue weighted by Gasteiger charge is 2.40. The van der Waals surface area contributed by atoms with Gasteiger partial charge in [0.25, 0.3) is 0 Å². The van der Waals surface area contributed by atoms with Crippen molar-refractivity contribution in [1.82, 2.24) is 0 Å². The number of aryl methyl sites for hydroxylation is 2. The third-order valence-corrected chi connectivity index (χ3v) is 10.9. The predicted molar refractivity (Wildman–Crippen MR) is 267 cm³/mol. The fraction of sp³-hybridized carbons (Fsp3) is 0.102. The number of ether oxygens (including phenoxy) is 1. The van der Waals surface area contributed by atoms with Gasteiger partial charge in [0.1, 0.15) is 11.5 Å². The zero-order valence-electron chi connectivity index (χ0n) is 36.1. The Balaban J connectivity index is 0.000000226. The van der Waals surface area contributed by atoms with Crippen LogP contribution >= 0.6 is 0 Å². The van der Waals surface area contributed by atoms with Gasteiger partial charge in [-0.15, -0.1) is 0 Å². The number of nitrogens with one attached hydrogen (secondary N) is 1. The number of anilines is 1. The monoisotopic (exact) mass is 808 g/mol. The lowest BCUT2D eigenvalue weighted by Gasteiger charge is -2.38. The molecule has 0 saturated carbocycles. The van der Waals surface area contributed by atoms with Gasteiger partial charge in [-0.05, 0) is 120 Å². The highest BCUT2D eigenvalue weighted by atomic mass is 16.5. The molecule has 0 radical (unpaired) electrons. The third kappa shape index (κ3) is 11.2. The van der Waals surface area contributed by atoms with E-state index in [2.05, 4.69) is 148 Å². The molecular formula is C59H56N2O. The first-order chi connectivity index (χ1) is 30.2. The summed E-state index contributed by atoms with van der Waals surface area (Å²) in [5.74, 6) is 1.41. The Hall–Kier alpha value is -7.49. The number of benzene rings is 7. The van der Waals surface area contributed by atoms with E-state index in [0.717, 1.165) is 35.4 Å². The molecular weight excluding hydrogens is 753 g/mol. The van der Waals surface area contributed by atoms with Crippen molar-refractivity contribution in [3.05, 3.63) is 270 Å². The van der Waals surface area contributed by atoms with Crippen LogP contribution in [0.1, 0.15) is 46.7 Å². The maximum absolute atomic E-state index is 6.36. The van der Waals surface area contributed by atoms with Crippen LogP contribution in [0.2, 0.25) is 0 Å². The molecule has 1 unspecified atom stereocenters. The van der Waals surface area contributed by atoms with Crippen LogP contribution in [0.5, 0.6) is 5.75 Å². The molecule has 0 fully saturated rings. The molecule has 3 heteroatoms. The van der Waals surface area contributed by atoms with Crippen LogP contribution in [-0.2, 0) is 11.8 Å². The maximum atomic E-state index is 6.36. The lowest BCUT2D eigenvalue weighted by atomic mass is 9.65. The first-order valence-electron chi connectivity index (χ1n) is 21.0. The van der Waals surface area contributed by atoms with E-state index in [1.807, 2.05) is 84.9 Å². The minimum Gasteiger partial charge on any atom is -0.458 e. The van der Waals surface area contributed by atoms with Crippen molar-refractivity contribution in [3.63, 3.8) is 0 Å². The van der Waals surface area contributed by atoms with Gasteiger partial charge in [0.2, 0.25) is 0 Å². The summed E-state index contributed by atoms with van der Waals surface area (Å²) < 4.78 is 6.36. The van der Waals surface area contributed by atoms with Crippen LogP contribution in [0.25, 0.3) is 27.5 Å². The summed E-state index contributed by atoms with van der Waals surface area (Å²) in [5, 5.41) is 8.54. The summed E-state index contributed by atoms with van der Waals surface area (Å²) in [6.45, 7) is 14.7. The number of allylic oxidation sites excluding steroid dienone is 9. The van der Waals surface area contributed by atoms with Crippen molar-refractivity contribution in [3.8, 4) is 16.9 Å². The van der Waals surface area contributed by atoms with Crippen LogP contribution < -0.4 is 10.5 Å². The second-order valence-corrected chi connectivity index (χ2v) is 15.4. The summed E-state index contributed by atoms with van der Waals surface area (Å²) in [6.07, 6.45) is 17.6. The second kappa shape index (κ2) is 21.7. The fourth-order valence-electron chi connectivity index (χ4n) is 7.74. The summed E-state index contributed by atoms with van der Waals surface area (Å²) in [7, 11) is 0. The predicted octanol–water partition coefficient (Wildman–Crippen LogP) is 15.2. The Morgan fingerprint density at radius 3 is 1.82 bits per heavy atom. The summed E-state index contributed by atoms with van der Waals surface area (Å²) in [4.78, 5) is 0. The molecule has 1 aliphatic heterocycles. The molecule has 3 nitrogen and oxygen atoms in total. The van der Waals surface area contributed by atoms with E-state index < -0.39 is 5.41 Å². The number of nitrogens with two attached hydrogens (primary N) is 1. The van der Waals surface area contributed by atoms with Crippen LogP contribution in [0.4, 0.5) is 5.69 Å². The Bertz CT molecular complexity index is 2720. The van der Waals surface area contributed by atoms with E-state index in [1.165, 1.54) is 61.5 Å². The number of hydrogen-bond donors (Lipinski definition) is 2. The Morgan fingerprint density at radius 2 is 1.16 bits per heavy atom. The van der Waals surface area contributed by atoms with Crippen LogP contribution in [0, 0.1) is 19.3 Å². The highest BCUT2D eigenvalue weighted by Crippen LogP contribution is 2.50.